The van der Waals surface area contributed by atoms with E-state index < -0.39 is 17.5 Å². The second kappa shape index (κ2) is 6.45. The maximum Gasteiger partial charge on any atom is 0.272 e. The number of hydrogen-bond donors (Lipinski definition) is 3. The number of aromatic nitrogens is 3. The minimum Gasteiger partial charge on any atom is -0.487 e. The van der Waals surface area contributed by atoms with Gasteiger partial charge in [0, 0.05) is 35.2 Å². The number of nitrogen functional groups attached to an aromatic ring is 1. The molecule has 0 amide bonds. The quantitative estimate of drug-likeness (QED) is 0.463. The molecule has 148 valence electrons. The number of pyridine rings is 1. The molecule has 0 aliphatic heterocycles. The molecule has 5 rings (SSSR count). The predicted octanol–water partition coefficient (Wildman–Crippen LogP) is 4.33. The van der Waals surface area contributed by atoms with E-state index in [1.807, 2.05) is 0 Å². The van der Waals surface area contributed by atoms with Gasteiger partial charge in [-0.2, -0.15) is 5.10 Å². The number of aromatic amines is 2. The van der Waals surface area contributed by atoms with E-state index in [0.29, 0.717) is 32.4 Å². The van der Waals surface area contributed by atoms with Crippen molar-refractivity contribution in [3.63, 3.8) is 0 Å². The lowest BCUT2D eigenvalue weighted by Crippen LogP contribution is -2.35. The molecule has 1 saturated carbocycles. The molecule has 1 aliphatic rings. The summed E-state index contributed by atoms with van der Waals surface area (Å²) < 4.78 is 33.3. The summed E-state index contributed by atoms with van der Waals surface area (Å²) in [5.74, 6) is -0.657. The van der Waals surface area contributed by atoms with Crippen LogP contribution in [0.25, 0.3) is 32.9 Å². The van der Waals surface area contributed by atoms with Crippen LogP contribution in [0.15, 0.2) is 35.3 Å². The summed E-state index contributed by atoms with van der Waals surface area (Å²) in [5.41, 5.74) is 7.49. The van der Waals surface area contributed by atoms with E-state index in [9.17, 15) is 13.6 Å². The van der Waals surface area contributed by atoms with Crippen LogP contribution in [0, 0.1) is 5.82 Å². The minimum absolute atomic E-state index is 0.0144. The maximum atomic E-state index is 14.6. The summed E-state index contributed by atoms with van der Waals surface area (Å²) in [6.45, 7) is 0. The lowest BCUT2D eigenvalue weighted by atomic mass is 9.93. The van der Waals surface area contributed by atoms with Gasteiger partial charge in [-0.05, 0) is 17.7 Å². The van der Waals surface area contributed by atoms with Crippen molar-refractivity contribution in [2.24, 2.45) is 0 Å². The van der Waals surface area contributed by atoms with Crippen molar-refractivity contribution < 1.29 is 13.5 Å². The summed E-state index contributed by atoms with van der Waals surface area (Å²) in [7, 11) is 0. The molecule has 9 heteroatoms. The molecular formula is C20H15ClF2N4O2. The summed E-state index contributed by atoms with van der Waals surface area (Å²) in [5, 5.41) is 8.47. The number of fused-ring (bicyclic) bond motifs is 2. The first-order valence-electron chi connectivity index (χ1n) is 9.00. The van der Waals surface area contributed by atoms with Gasteiger partial charge in [0.05, 0.1) is 22.3 Å². The number of halogens is 3. The Labute approximate surface area is 167 Å². The Morgan fingerprint density at radius 3 is 2.79 bits per heavy atom. The number of benzene rings is 2. The van der Waals surface area contributed by atoms with Crippen LogP contribution in [0.5, 0.6) is 5.75 Å². The first kappa shape index (κ1) is 17.9. The minimum atomic E-state index is -0.922. The van der Waals surface area contributed by atoms with E-state index in [-0.39, 0.29) is 35.9 Å². The number of nitrogens with two attached hydrogens (primary N) is 1. The van der Waals surface area contributed by atoms with Gasteiger partial charge < -0.3 is 15.5 Å². The topological polar surface area (TPSA) is 96.8 Å². The van der Waals surface area contributed by atoms with Gasteiger partial charge in [0.25, 0.3) is 5.56 Å². The molecule has 1 fully saturated rings. The highest BCUT2D eigenvalue weighted by atomic mass is 35.5. The number of alkyl halides is 1. The van der Waals surface area contributed by atoms with Crippen LogP contribution in [-0.2, 0) is 0 Å². The monoisotopic (exact) mass is 416 g/mol. The molecule has 6 nitrogen and oxygen atoms in total. The fourth-order valence-electron chi connectivity index (χ4n) is 3.69. The van der Waals surface area contributed by atoms with Gasteiger partial charge in [-0.3, -0.25) is 9.89 Å². The fourth-order valence-corrected chi connectivity index (χ4v) is 3.90. The fraction of sp³-hybridized carbons (Fsp3) is 0.200. The second-order valence-electron chi connectivity index (χ2n) is 7.13. The third-order valence-corrected chi connectivity index (χ3v) is 5.58. The molecular weight excluding hydrogens is 402 g/mol. The van der Waals surface area contributed by atoms with E-state index in [0.717, 1.165) is 0 Å². The number of hydrogen-bond acceptors (Lipinski definition) is 4. The standard InChI is InChI=1S/C20H15ClF2N4O2/c21-13-2-1-10(12-7-25-27-19(12)13)17-11-5-16(29-9-3-8(22)4-9)14(23)6-15(11)26-20(28)18(17)24/h1-2,5-9H,3-4,24H2,(H,25,27)(H,26,28). The molecule has 1 aliphatic carbocycles. The van der Waals surface area contributed by atoms with Crippen molar-refractivity contribution in [3.05, 3.63) is 51.7 Å². The Morgan fingerprint density at radius 1 is 1.24 bits per heavy atom. The zero-order chi connectivity index (χ0) is 20.3. The Bertz CT molecular complexity index is 1330. The number of anilines is 1. The third-order valence-electron chi connectivity index (χ3n) is 5.27. The summed E-state index contributed by atoms with van der Waals surface area (Å²) in [6, 6.07) is 6.07. The SMILES string of the molecule is Nc1c(-c2ccc(Cl)c3[nH]ncc23)c2cc(OC3CC(F)C3)c(F)cc2[nH]c1=O. The Kier molecular flexibility index (Phi) is 3.99. The van der Waals surface area contributed by atoms with Crippen LogP contribution in [0.4, 0.5) is 14.5 Å². The molecule has 2 aromatic carbocycles. The van der Waals surface area contributed by atoms with E-state index in [4.69, 9.17) is 22.1 Å². The van der Waals surface area contributed by atoms with Gasteiger partial charge in [0.1, 0.15) is 18.0 Å². The largest absolute Gasteiger partial charge is 0.487 e. The van der Waals surface area contributed by atoms with Crippen molar-refractivity contribution in [2.45, 2.75) is 25.1 Å². The van der Waals surface area contributed by atoms with Crippen molar-refractivity contribution in [1.82, 2.24) is 15.2 Å². The van der Waals surface area contributed by atoms with Gasteiger partial charge in [0.2, 0.25) is 0 Å². The van der Waals surface area contributed by atoms with E-state index in [1.54, 1.807) is 18.3 Å². The number of nitrogens with one attached hydrogen (secondary N) is 2. The molecule has 4 aromatic rings. The number of rotatable bonds is 3. The van der Waals surface area contributed by atoms with E-state index in [1.165, 1.54) is 12.1 Å². The lowest BCUT2D eigenvalue weighted by molar-refractivity contribution is 0.0384. The molecule has 0 spiro atoms. The number of ether oxygens (including phenoxy) is 1. The Balaban J connectivity index is 1.77. The van der Waals surface area contributed by atoms with Gasteiger partial charge in [-0.25, -0.2) is 8.78 Å². The molecule has 4 N–H and O–H groups in total. The normalized spacial score (nSPS) is 18.9. The summed E-state index contributed by atoms with van der Waals surface area (Å²) in [6.07, 6.45) is 0.737. The van der Waals surface area contributed by atoms with Crippen LogP contribution < -0.4 is 16.0 Å². The zero-order valence-corrected chi connectivity index (χ0v) is 15.7. The van der Waals surface area contributed by atoms with E-state index in [2.05, 4.69) is 15.2 Å². The average Bonchev–Trinajstić information content (AvgIpc) is 3.15. The molecule has 0 saturated heterocycles. The molecule has 0 bridgehead atoms. The highest BCUT2D eigenvalue weighted by Crippen LogP contribution is 2.40. The predicted molar refractivity (Wildman–Crippen MR) is 108 cm³/mol. The second-order valence-corrected chi connectivity index (χ2v) is 7.54. The smallest absolute Gasteiger partial charge is 0.272 e. The molecule has 0 radical (unpaired) electrons. The number of nitrogens with zero attached hydrogens (tertiary/aromatic N) is 1. The van der Waals surface area contributed by atoms with Crippen molar-refractivity contribution in [1.29, 1.82) is 0 Å². The summed E-state index contributed by atoms with van der Waals surface area (Å²) >= 11 is 6.21. The maximum absolute atomic E-state index is 14.6. The highest BCUT2D eigenvalue weighted by Gasteiger charge is 2.31. The molecule has 0 atom stereocenters. The third kappa shape index (κ3) is 2.82. The van der Waals surface area contributed by atoms with Crippen LogP contribution in [-0.4, -0.2) is 27.5 Å². The zero-order valence-electron chi connectivity index (χ0n) is 14.9. The van der Waals surface area contributed by atoms with E-state index >= 15 is 0 Å². The average molecular weight is 417 g/mol. The molecule has 0 unspecified atom stereocenters. The highest BCUT2D eigenvalue weighted by molar-refractivity contribution is 6.35. The van der Waals surface area contributed by atoms with Gasteiger partial charge in [-0.1, -0.05) is 17.7 Å². The van der Waals surface area contributed by atoms with Crippen molar-refractivity contribution in [3.8, 4) is 16.9 Å². The Morgan fingerprint density at radius 2 is 2.03 bits per heavy atom. The lowest BCUT2D eigenvalue weighted by Gasteiger charge is -2.30. The summed E-state index contributed by atoms with van der Waals surface area (Å²) in [4.78, 5) is 15.0. The van der Waals surface area contributed by atoms with Crippen LogP contribution in [0.1, 0.15) is 12.8 Å². The number of H-pyrrole nitrogens is 2. The van der Waals surface area contributed by atoms with Crippen LogP contribution >= 0.6 is 11.6 Å². The van der Waals surface area contributed by atoms with Crippen LogP contribution in [0.2, 0.25) is 5.02 Å². The molecule has 29 heavy (non-hydrogen) atoms. The Hall–Kier alpha value is -3.13. The van der Waals surface area contributed by atoms with Crippen molar-refractivity contribution >= 4 is 39.1 Å². The first-order chi connectivity index (χ1) is 13.9. The molecule has 2 aromatic heterocycles. The van der Waals surface area contributed by atoms with Gasteiger partial charge in [0.15, 0.2) is 11.6 Å². The van der Waals surface area contributed by atoms with Gasteiger partial charge >= 0.3 is 0 Å². The van der Waals surface area contributed by atoms with Crippen molar-refractivity contribution in [2.75, 3.05) is 5.73 Å². The first-order valence-corrected chi connectivity index (χ1v) is 9.38. The molecule has 2 heterocycles. The van der Waals surface area contributed by atoms with Gasteiger partial charge in [-0.15, -0.1) is 0 Å². The van der Waals surface area contributed by atoms with Crippen LogP contribution in [0.3, 0.4) is 0 Å².